The fourth-order valence-corrected chi connectivity index (χ4v) is 2.85. The van der Waals surface area contributed by atoms with Crippen LogP contribution in [0.25, 0.3) is 0 Å². The fourth-order valence-electron chi connectivity index (χ4n) is 2.85. The summed E-state index contributed by atoms with van der Waals surface area (Å²) in [6.07, 6.45) is 5.64. The molecule has 3 aliphatic rings. The normalized spacial score (nSPS) is 41.6. The Morgan fingerprint density at radius 3 is 2.43 bits per heavy atom. The quantitative estimate of drug-likeness (QED) is 0.734. The summed E-state index contributed by atoms with van der Waals surface area (Å²) in [5.74, 6) is 0. The molecule has 2 unspecified atom stereocenters. The van der Waals surface area contributed by atoms with Crippen LogP contribution in [-0.4, -0.2) is 36.1 Å². The Labute approximate surface area is 87.0 Å². The van der Waals surface area contributed by atoms with Gasteiger partial charge >= 0.3 is 0 Å². The molecular formula is C12H22N2. The Morgan fingerprint density at radius 1 is 1.14 bits per heavy atom. The lowest BCUT2D eigenvalue weighted by Crippen LogP contribution is -2.35. The van der Waals surface area contributed by atoms with E-state index < -0.39 is 0 Å². The van der Waals surface area contributed by atoms with Crippen molar-refractivity contribution in [1.82, 2.24) is 10.2 Å². The molecule has 1 saturated heterocycles. The van der Waals surface area contributed by atoms with Crippen molar-refractivity contribution < 1.29 is 0 Å². The van der Waals surface area contributed by atoms with E-state index in [2.05, 4.69) is 24.1 Å². The van der Waals surface area contributed by atoms with E-state index in [1.165, 1.54) is 38.8 Å². The van der Waals surface area contributed by atoms with Crippen LogP contribution >= 0.6 is 0 Å². The maximum Gasteiger partial charge on any atom is 0.0209 e. The van der Waals surface area contributed by atoms with Crippen molar-refractivity contribution in [2.45, 2.75) is 57.7 Å². The highest BCUT2D eigenvalue weighted by atomic mass is 15.3. The third kappa shape index (κ3) is 1.70. The predicted molar refractivity (Wildman–Crippen MR) is 58.3 cm³/mol. The van der Waals surface area contributed by atoms with Crippen molar-refractivity contribution in [3.63, 3.8) is 0 Å². The van der Waals surface area contributed by atoms with E-state index in [9.17, 15) is 0 Å². The molecule has 3 fully saturated rings. The van der Waals surface area contributed by atoms with Crippen LogP contribution in [0.4, 0.5) is 0 Å². The van der Waals surface area contributed by atoms with Crippen molar-refractivity contribution in [1.29, 1.82) is 0 Å². The van der Waals surface area contributed by atoms with Crippen LogP contribution in [0, 0.1) is 5.41 Å². The first kappa shape index (κ1) is 9.17. The van der Waals surface area contributed by atoms with Gasteiger partial charge in [-0.2, -0.15) is 0 Å². The van der Waals surface area contributed by atoms with Gasteiger partial charge in [-0.25, -0.2) is 0 Å². The number of nitrogens with one attached hydrogen (secondary N) is 1. The first-order valence-electron chi connectivity index (χ1n) is 6.15. The predicted octanol–water partition coefficient (Wildman–Crippen LogP) is 1.61. The van der Waals surface area contributed by atoms with Gasteiger partial charge in [0.2, 0.25) is 0 Å². The molecule has 0 amide bonds. The number of nitrogens with zero attached hydrogens (tertiary/aromatic N) is 1. The summed E-state index contributed by atoms with van der Waals surface area (Å²) in [6.45, 7) is 7.45. The molecule has 1 heterocycles. The molecule has 3 rings (SSSR count). The van der Waals surface area contributed by atoms with Gasteiger partial charge in [-0.15, -0.1) is 0 Å². The van der Waals surface area contributed by atoms with Gasteiger partial charge in [0.1, 0.15) is 0 Å². The van der Waals surface area contributed by atoms with E-state index in [4.69, 9.17) is 0 Å². The lowest BCUT2D eigenvalue weighted by Gasteiger charge is -2.18. The molecule has 1 aliphatic heterocycles. The van der Waals surface area contributed by atoms with Gasteiger partial charge in [0.25, 0.3) is 0 Å². The molecule has 80 valence electrons. The summed E-state index contributed by atoms with van der Waals surface area (Å²) in [5.41, 5.74) is 0.620. The zero-order chi connectivity index (χ0) is 9.76. The van der Waals surface area contributed by atoms with Crippen LogP contribution < -0.4 is 5.32 Å². The highest BCUT2D eigenvalue weighted by Crippen LogP contribution is 2.49. The summed E-state index contributed by atoms with van der Waals surface area (Å²) in [4.78, 5) is 2.71. The first-order valence-corrected chi connectivity index (χ1v) is 6.15. The summed E-state index contributed by atoms with van der Waals surface area (Å²) in [5, 5.41) is 3.75. The van der Waals surface area contributed by atoms with E-state index in [1.807, 2.05) is 0 Å². The second kappa shape index (κ2) is 2.96. The smallest absolute Gasteiger partial charge is 0.0209 e. The average Bonchev–Trinajstić information content (AvgIpc) is 2.95. The molecule has 1 N–H and O–H groups in total. The fraction of sp³-hybridized carbons (Fsp3) is 1.00. The molecular weight excluding hydrogens is 172 g/mol. The minimum Gasteiger partial charge on any atom is -0.310 e. The molecule has 0 aromatic heterocycles. The second-order valence-electron chi connectivity index (χ2n) is 6.13. The first-order chi connectivity index (χ1) is 6.65. The molecule has 2 heteroatoms. The standard InChI is InChI=1S/C12H22N2/c1-12(2)7-11(12)14-6-5-10(8-14)13-9-3-4-9/h9-11,13H,3-8H2,1-2H3. The zero-order valence-electron chi connectivity index (χ0n) is 9.42. The highest BCUT2D eigenvalue weighted by molar-refractivity contribution is 5.05. The van der Waals surface area contributed by atoms with Crippen LogP contribution in [0.3, 0.4) is 0 Å². The summed E-state index contributed by atoms with van der Waals surface area (Å²) >= 11 is 0. The van der Waals surface area contributed by atoms with E-state index in [0.717, 1.165) is 18.1 Å². The van der Waals surface area contributed by atoms with Crippen molar-refractivity contribution >= 4 is 0 Å². The van der Waals surface area contributed by atoms with Gasteiger partial charge in [0.15, 0.2) is 0 Å². The Hall–Kier alpha value is -0.0800. The summed E-state index contributed by atoms with van der Waals surface area (Å²) in [7, 11) is 0. The third-order valence-corrected chi connectivity index (χ3v) is 4.17. The largest absolute Gasteiger partial charge is 0.310 e. The van der Waals surface area contributed by atoms with Crippen LogP contribution in [0.5, 0.6) is 0 Å². The monoisotopic (exact) mass is 194 g/mol. The zero-order valence-corrected chi connectivity index (χ0v) is 9.42. The van der Waals surface area contributed by atoms with E-state index in [1.54, 1.807) is 0 Å². The molecule has 2 nitrogen and oxygen atoms in total. The lowest BCUT2D eigenvalue weighted by molar-refractivity contribution is 0.281. The average molecular weight is 194 g/mol. The van der Waals surface area contributed by atoms with Gasteiger partial charge < -0.3 is 5.32 Å². The van der Waals surface area contributed by atoms with Crippen molar-refractivity contribution in [2.75, 3.05) is 13.1 Å². The molecule has 2 aliphatic carbocycles. The number of likely N-dealkylation sites (tertiary alicyclic amines) is 1. The van der Waals surface area contributed by atoms with Gasteiger partial charge in [-0.1, -0.05) is 13.8 Å². The molecule has 0 radical (unpaired) electrons. The van der Waals surface area contributed by atoms with E-state index in [0.29, 0.717) is 5.41 Å². The Balaban J connectivity index is 1.49. The maximum absolute atomic E-state index is 3.75. The maximum atomic E-state index is 3.75. The van der Waals surface area contributed by atoms with Gasteiger partial charge in [0.05, 0.1) is 0 Å². The molecule has 0 spiro atoms. The van der Waals surface area contributed by atoms with Gasteiger partial charge in [-0.3, -0.25) is 4.90 Å². The third-order valence-electron chi connectivity index (χ3n) is 4.17. The number of hydrogen-bond acceptors (Lipinski definition) is 2. The second-order valence-corrected chi connectivity index (χ2v) is 6.13. The van der Waals surface area contributed by atoms with Crippen LogP contribution in [-0.2, 0) is 0 Å². The Bertz CT molecular complexity index is 232. The van der Waals surface area contributed by atoms with Crippen LogP contribution in [0.1, 0.15) is 39.5 Å². The van der Waals surface area contributed by atoms with Crippen molar-refractivity contribution in [3.05, 3.63) is 0 Å². The van der Waals surface area contributed by atoms with Crippen LogP contribution in [0.2, 0.25) is 0 Å². The van der Waals surface area contributed by atoms with Crippen LogP contribution in [0.15, 0.2) is 0 Å². The Morgan fingerprint density at radius 2 is 1.86 bits per heavy atom. The number of hydrogen-bond donors (Lipinski definition) is 1. The SMILES string of the molecule is CC1(C)CC1N1CCC(NC2CC2)C1. The van der Waals surface area contributed by atoms with Crippen molar-refractivity contribution in [3.8, 4) is 0 Å². The number of rotatable bonds is 3. The minimum absolute atomic E-state index is 0.620. The summed E-state index contributed by atoms with van der Waals surface area (Å²) < 4.78 is 0. The van der Waals surface area contributed by atoms with Gasteiger partial charge in [-0.05, 0) is 31.1 Å². The minimum atomic E-state index is 0.620. The summed E-state index contributed by atoms with van der Waals surface area (Å²) in [6, 6.07) is 2.58. The lowest BCUT2D eigenvalue weighted by atomic mass is 10.2. The molecule has 0 aromatic rings. The highest BCUT2D eigenvalue weighted by Gasteiger charge is 2.50. The molecule has 0 bridgehead atoms. The Kier molecular flexibility index (Phi) is 1.94. The van der Waals surface area contributed by atoms with E-state index in [-0.39, 0.29) is 0 Å². The van der Waals surface area contributed by atoms with Gasteiger partial charge in [0, 0.05) is 31.2 Å². The topological polar surface area (TPSA) is 15.3 Å². The molecule has 14 heavy (non-hydrogen) atoms. The molecule has 2 atom stereocenters. The van der Waals surface area contributed by atoms with Crippen molar-refractivity contribution in [2.24, 2.45) is 5.41 Å². The molecule has 2 saturated carbocycles. The molecule has 0 aromatic carbocycles. The van der Waals surface area contributed by atoms with E-state index >= 15 is 0 Å².